The highest BCUT2D eigenvalue weighted by atomic mass is 14.2. The van der Waals surface area contributed by atoms with Crippen LogP contribution in [0.2, 0.25) is 0 Å². The molecule has 0 heteroatoms. The van der Waals surface area contributed by atoms with Gasteiger partial charge in [0.1, 0.15) is 0 Å². The lowest BCUT2D eigenvalue weighted by molar-refractivity contribution is 1.71. The fourth-order valence-electron chi connectivity index (χ4n) is 10.7. The van der Waals surface area contributed by atoms with E-state index < -0.39 is 0 Å². The number of hydrogen-bond donors (Lipinski definition) is 0. The Morgan fingerprint density at radius 2 is 0.417 bits per heavy atom. The topological polar surface area (TPSA) is 0 Å². The third-order valence-corrected chi connectivity index (χ3v) is 13.6. The standard InChI is InChI=1S/C60H34/c1-2-12-37-25-51-49(23-35(37)10-1)50-24-36-11-4-6-16-41(36)29-55(50)59-33-46-22-45(21-20-43(46)31-56(51)59)47-19-9-18-44-32-58-54-28-40-15-5-3-13-38(40)26-52(54)53-27-39-14-7-8-17-42(39)30-57(53)60(58)34-48(44)47/h1-34H. The number of fused-ring (bicyclic) bond motifs is 18. The summed E-state index contributed by atoms with van der Waals surface area (Å²) in [5, 5.41) is 30.8. The molecule has 0 amide bonds. The SMILES string of the molecule is c1ccc2cc3c(cc2c1)c1cc2ccccc2cc1c1cc2cc(-c4cccc5cc6c7cc8ccccc8cc7c7cc8ccccc8cc7c6cc45)ccc2cc31. The Kier molecular flexibility index (Phi) is 6.38. The van der Waals surface area contributed by atoms with Crippen molar-refractivity contribution in [1.29, 1.82) is 0 Å². The van der Waals surface area contributed by atoms with E-state index in [-0.39, 0.29) is 0 Å². The highest BCUT2D eigenvalue weighted by Gasteiger charge is 2.16. The molecule has 0 heterocycles. The van der Waals surface area contributed by atoms with Crippen LogP contribution in [-0.2, 0) is 0 Å². The summed E-state index contributed by atoms with van der Waals surface area (Å²) in [6.45, 7) is 0. The number of benzene rings is 14. The van der Waals surface area contributed by atoms with Crippen molar-refractivity contribution in [3.63, 3.8) is 0 Å². The first-order valence-electron chi connectivity index (χ1n) is 21.0. The largest absolute Gasteiger partial charge is 0.0616 e. The van der Waals surface area contributed by atoms with E-state index in [0.29, 0.717) is 0 Å². The van der Waals surface area contributed by atoms with Crippen LogP contribution in [0.3, 0.4) is 0 Å². The predicted molar refractivity (Wildman–Crippen MR) is 262 cm³/mol. The summed E-state index contributed by atoms with van der Waals surface area (Å²) in [5.74, 6) is 0. The zero-order valence-electron chi connectivity index (χ0n) is 32.6. The van der Waals surface area contributed by atoms with Gasteiger partial charge in [-0.3, -0.25) is 0 Å². The summed E-state index contributed by atoms with van der Waals surface area (Å²) in [7, 11) is 0. The number of hydrogen-bond acceptors (Lipinski definition) is 0. The number of rotatable bonds is 1. The molecule has 0 saturated carbocycles. The normalized spacial score (nSPS) is 12.3. The smallest absolute Gasteiger partial charge is 0.00921 e. The molecule has 0 radical (unpaired) electrons. The van der Waals surface area contributed by atoms with Crippen LogP contribution >= 0.6 is 0 Å². The molecule has 0 atom stereocenters. The first-order valence-corrected chi connectivity index (χ1v) is 21.0. The molecule has 0 aliphatic rings. The molecule has 0 fully saturated rings. The zero-order chi connectivity index (χ0) is 39.1. The van der Waals surface area contributed by atoms with Crippen molar-refractivity contribution in [3.8, 4) is 11.1 Å². The highest BCUT2D eigenvalue weighted by molar-refractivity contribution is 6.32. The Balaban J connectivity index is 1.05. The molecular weight excluding hydrogens is 721 g/mol. The maximum Gasteiger partial charge on any atom is -0.00921 e. The summed E-state index contributed by atoms with van der Waals surface area (Å²) in [6, 6.07) is 78.0. The molecule has 0 N–H and O–H groups in total. The molecule has 0 aliphatic heterocycles. The summed E-state index contributed by atoms with van der Waals surface area (Å²) in [5.41, 5.74) is 2.49. The molecule has 0 spiro atoms. The van der Waals surface area contributed by atoms with Gasteiger partial charge >= 0.3 is 0 Å². The molecule has 0 nitrogen and oxygen atoms in total. The molecule has 0 bridgehead atoms. The van der Waals surface area contributed by atoms with Crippen molar-refractivity contribution >= 4 is 129 Å². The van der Waals surface area contributed by atoms with E-state index >= 15 is 0 Å². The molecule has 14 rings (SSSR count). The van der Waals surface area contributed by atoms with Gasteiger partial charge in [0.25, 0.3) is 0 Å². The maximum atomic E-state index is 2.48. The van der Waals surface area contributed by atoms with Crippen LogP contribution in [0.25, 0.3) is 140 Å². The molecule has 0 saturated heterocycles. The van der Waals surface area contributed by atoms with Gasteiger partial charge in [-0.25, -0.2) is 0 Å². The molecular formula is C60H34. The van der Waals surface area contributed by atoms with Crippen molar-refractivity contribution < 1.29 is 0 Å². The summed E-state index contributed by atoms with van der Waals surface area (Å²) >= 11 is 0. The summed E-state index contributed by atoms with van der Waals surface area (Å²) in [4.78, 5) is 0. The third-order valence-electron chi connectivity index (χ3n) is 13.6. The molecule has 60 heavy (non-hydrogen) atoms. The minimum atomic E-state index is 1.23. The van der Waals surface area contributed by atoms with E-state index in [0.717, 1.165) is 0 Å². The minimum Gasteiger partial charge on any atom is -0.0616 e. The van der Waals surface area contributed by atoms with E-state index in [1.165, 1.54) is 140 Å². The Morgan fingerprint density at radius 3 is 0.767 bits per heavy atom. The quantitative estimate of drug-likeness (QED) is 0.116. The van der Waals surface area contributed by atoms with Gasteiger partial charge < -0.3 is 0 Å². The van der Waals surface area contributed by atoms with Gasteiger partial charge in [-0.05, 0) is 219 Å². The van der Waals surface area contributed by atoms with E-state index in [4.69, 9.17) is 0 Å². The van der Waals surface area contributed by atoms with Gasteiger partial charge in [-0.15, -0.1) is 0 Å². The van der Waals surface area contributed by atoms with Crippen molar-refractivity contribution in [3.05, 3.63) is 206 Å². The predicted octanol–water partition coefficient (Wildman–Crippen LogP) is 17.2. The first-order chi connectivity index (χ1) is 29.7. The van der Waals surface area contributed by atoms with Gasteiger partial charge in [0.2, 0.25) is 0 Å². The molecule has 14 aromatic carbocycles. The maximum absolute atomic E-state index is 2.48. The molecule has 14 aromatic rings. The Hall–Kier alpha value is -7.80. The average Bonchev–Trinajstić information content (AvgIpc) is 3.30. The van der Waals surface area contributed by atoms with Crippen LogP contribution in [0.1, 0.15) is 0 Å². The van der Waals surface area contributed by atoms with Crippen molar-refractivity contribution in [2.24, 2.45) is 0 Å². The minimum absolute atomic E-state index is 1.23. The molecule has 0 aliphatic carbocycles. The third kappa shape index (κ3) is 4.56. The zero-order valence-corrected chi connectivity index (χ0v) is 32.6. The second-order valence-corrected chi connectivity index (χ2v) is 16.9. The van der Waals surface area contributed by atoms with Crippen LogP contribution in [0.15, 0.2) is 206 Å². The lowest BCUT2D eigenvalue weighted by Crippen LogP contribution is -1.89. The van der Waals surface area contributed by atoms with E-state index in [1.54, 1.807) is 0 Å². The lowest BCUT2D eigenvalue weighted by atomic mass is 9.87. The van der Waals surface area contributed by atoms with Gasteiger partial charge in [-0.2, -0.15) is 0 Å². The van der Waals surface area contributed by atoms with Crippen LogP contribution in [0, 0.1) is 0 Å². The highest BCUT2D eigenvalue weighted by Crippen LogP contribution is 2.44. The average molecular weight is 755 g/mol. The second-order valence-electron chi connectivity index (χ2n) is 16.9. The van der Waals surface area contributed by atoms with Crippen molar-refractivity contribution in [2.45, 2.75) is 0 Å². The van der Waals surface area contributed by atoms with Gasteiger partial charge in [0.05, 0.1) is 0 Å². The van der Waals surface area contributed by atoms with Gasteiger partial charge in [-0.1, -0.05) is 127 Å². The van der Waals surface area contributed by atoms with Crippen molar-refractivity contribution in [2.75, 3.05) is 0 Å². The fourth-order valence-corrected chi connectivity index (χ4v) is 10.7. The Labute approximate surface area is 345 Å². The van der Waals surface area contributed by atoms with Crippen molar-refractivity contribution in [1.82, 2.24) is 0 Å². The molecule has 274 valence electrons. The Bertz CT molecular complexity index is 4130. The molecule has 0 aromatic heterocycles. The van der Waals surface area contributed by atoms with E-state index in [9.17, 15) is 0 Å². The fraction of sp³-hybridized carbons (Fsp3) is 0. The molecule has 0 unspecified atom stereocenters. The van der Waals surface area contributed by atoms with E-state index in [1.807, 2.05) is 0 Å². The van der Waals surface area contributed by atoms with Crippen LogP contribution in [0.4, 0.5) is 0 Å². The summed E-state index contributed by atoms with van der Waals surface area (Å²) < 4.78 is 0. The Morgan fingerprint density at radius 1 is 0.150 bits per heavy atom. The van der Waals surface area contributed by atoms with Crippen LogP contribution in [-0.4, -0.2) is 0 Å². The first kappa shape index (κ1) is 32.2. The van der Waals surface area contributed by atoms with Gasteiger partial charge in [0, 0.05) is 0 Å². The monoisotopic (exact) mass is 754 g/mol. The van der Waals surface area contributed by atoms with Crippen LogP contribution < -0.4 is 0 Å². The lowest BCUT2D eigenvalue weighted by Gasteiger charge is -2.16. The van der Waals surface area contributed by atoms with Crippen LogP contribution in [0.5, 0.6) is 0 Å². The van der Waals surface area contributed by atoms with Gasteiger partial charge in [0.15, 0.2) is 0 Å². The second kappa shape index (κ2) is 11.9. The summed E-state index contributed by atoms with van der Waals surface area (Å²) in [6.07, 6.45) is 0. The van der Waals surface area contributed by atoms with E-state index in [2.05, 4.69) is 206 Å².